The molecule has 2 nitrogen and oxygen atoms in total. The first-order chi connectivity index (χ1) is 9.30. The van der Waals surface area contributed by atoms with Crippen LogP contribution in [-0.2, 0) is 0 Å². The summed E-state index contributed by atoms with van der Waals surface area (Å²) in [6, 6.07) is 0. The van der Waals surface area contributed by atoms with Gasteiger partial charge in [0, 0.05) is 18.6 Å². The zero-order valence-corrected chi connectivity index (χ0v) is 14.9. The summed E-state index contributed by atoms with van der Waals surface area (Å²) >= 11 is 0. The van der Waals surface area contributed by atoms with Crippen molar-refractivity contribution in [2.24, 2.45) is 11.3 Å². The van der Waals surface area contributed by atoms with Gasteiger partial charge in [-0.25, -0.2) is 0 Å². The van der Waals surface area contributed by atoms with Crippen LogP contribution in [0.2, 0.25) is 0 Å². The molecule has 1 N–H and O–H groups in total. The summed E-state index contributed by atoms with van der Waals surface area (Å²) in [4.78, 5) is 2.67. The van der Waals surface area contributed by atoms with Gasteiger partial charge in [-0.2, -0.15) is 0 Å². The molecule has 0 bridgehead atoms. The van der Waals surface area contributed by atoms with Crippen molar-refractivity contribution < 1.29 is 0 Å². The zero-order chi connectivity index (χ0) is 15.2. The monoisotopic (exact) mass is 282 g/mol. The lowest BCUT2D eigenvalue weighted by molar-refractivity contribution is 0.0758. The van der Waals surface area contributed by atoms with Crippen LogP contribution in [-0.4, -0.2) is 36.6 Å². The maximum atomic E-state index is 3.80. The Hall–Kier alpha value is -0.0800. The molecule has 0 spiro atoms. The molecule has 2 atom stereocenters. The minimum atomic E-state index is 0.232. The van der Waals surface area contributed by atoms with Gasteiger partial charge in [0.15, 0.2) is 0 Å². The molecule has 0 aromatic rings. The van der Waals surface area contributed by atoms with E-state index in [9.17, 15) is 0 Å². The van der Waals surface area contributed by atoms with Crippen LogP contribution in [0.4, 0.5) is 0 Å². The zero-order valence-electron chi connectivity index (χ0n) is 14.9. The Balaban J connectivity index is 2.72. The van der Waals surface area contributed by atoms with E-state index in [1.54, 1.807) is 0 Å². The second-order valence-corrected chi connectivity index (χ2v) is 8.17. The average Bonchev–Trinajstić information content (AvgIpc) is 2.35. The molecule has 1 saturated carbocycles. The van der Waals surface area contributed by atoms with Gasteiger partial charge in [-0.15, -0.1) is 0 Å². The summed E-state index contributed by atoms with van der Waals surface area (Å²) in [5.74, 6) is 0.894. The van der Waals surface area contributed by atoms with E-state index in [0.717, 1.165) is 5.92 Å². The van der Waals surface area contributed by atoms with Gasteiger partial charge < -0.3 is 10.2 Å². The SMILES string of the molecule is CCCN(CC)CC1(CNC(C)(C)C)CCCC(C)C1. The predicted octanol–water partition coefficient (Wildman–Crippen LogP) is 4.30. The molecule has 0 saturated heterocycles. The Morgan fingerprint density at radius 1 is 1.25 bits per heavy atom. The fraction of sp³-hybridized carbons (Fsp3) is 1.00. The van der Waals surface area contributed by atoms with E-state index in [0.29, 0.717) is 5.41 Å². The van der Waals surface area contributed by atoms with Crippen LogP contribution in [0.15, 0.2) is 0 Å². The van der Waals surface area contributed by atoms with Crippen LogP contribution >= 0.6 is 0 Å². The minimum absolute atomic E-state index is 0.232. The molecule has 0 aromatic carbocycles. The lowest BCUT2D eigenvalue weighted by Gasteiger charge is -2.45. The summed E-state index contributed by atoms with van der Waals surface area (Å²) in [6.45, 7) is 18.8. The molecule has 2 heteroatoms. The molecule has 1 aliphatic carbocycles. The molecule has 1 fully saturated rings. The fourth-order valence-electron chi connectivity index (χ4n) is 3.72. The lowest BCUT2D eigenvalue weighted by Crippen LogP contribution is -2.50. The third-order valence-electron chi connectivity index (χ3n) is 4.73. The predicted molar refractivity (Wildman–Crippen MR) is 90.2 cm³/mol. The molecule has 0 aliphatic heterocycles. The van der Waals surface area contributed by atoms with Gasteiger partial charge in [-0.3, -0.25) is 0 Å². The molecule has 0 aromatic heterocycles. The van der Waals surface area contributed by atoms with E-state index in [1.807, 2.05) is 0 Å². The normalized spacial score (nSPS) is 28.1. The Kier molecular flexibility index (Phi) is 7.00. The first-order valence-electron chi connectivity index (χ1n) is 8.77. The van der Waals surface area contributed by atoms with Crippen molar-refractivity contribution in [3.8, 4) is 0 Å². The van der Waals surface area contributed by atoms with Gasteiger partial charge in [0.2, 0.25) is 0 Å². The van der Waals surface area contributed by atoms with Crippen molar-refractivity contribution in [1.29, 1.82) is 0 Å². The van der Waals surface area contributed by atoms with Gasteiger partial charge in [-0.1, -0.05) is 33.6 Å². The largest absolute Gasteiger partial charge is 0.311 e. The van der Waals surface area contributed by atoms with Gasteiger partial charge in [0.25, 0.3) is 0 Å². The highest BCUT2D eigenvalue weighted by molar-refractivity contribution is 4.91. The summed E-state index contributed by atoms with van der Waals surface area (Å²) in [6.07, 6.45) is 6.91. The number of nitrogens with zero attached hydrogens (tertiary/aromatic N) is 1. The highest BCUT2D eigenvalue weighted by Crippen LogP contribution is 2.40. The molecular formula is C18H38N2. The maximum Gasteiger partial charge on any atom is 0.00967 e. The third-order valence-corrected chi connectivity index (χ3v) is 4.73. The quantitative estimate of drug-likeness (QED) is 0.749. The fourth-order valence-corrected chi connectivity index (χ4v) is 3.72. The molecule has 2 unspecified atom stereocenters. The standard InChI is InChI=1S/C18H38N2/c1-7-12-20(8-2)15-18(14-19-17(4,5)6)11-9-10-16(3)13-18/h16,19H,7-15H2,1-6H3. The second-order valence-electron chi connectivity index (χ2n) is 8.17. The number of nitrogens with one attached hydrogen (secondary N) is 1. The van der Waals surface area contributed by atoms with Crippen molar-refractivity contribution in [2.75, 3.05) is 26.2 Å². The first-order valence-corrected chi connectivity index (χ1v) is 8.77. The van der Waals surface area contributed by atoms with Crippen LogP contribution in [0.25, 0.3) is 0 Å². The number of hydrogen-bond acceptors (Lipinski definition) is 2. The molecule has 20 heavy (non-hydrogen) atoms. The van der Waals surface area contributed by atoms with Gasteiger partial charge >= 0.3 is 0 Å². The summed E-state index contributed by atoms with van der Waals surface area (Å²) < 4.78 is 0. The highest BCUT2D eigenvalue weighted by Gasteiger charge is 2.36. The number of hydrogen-bond donors (Lipinski definition) is 1. The Labute approximate surface area is 127 Å². The Morgan fingerprint density at radius 2 is 1.95 bits per heavy atom. The van der Waals surface area contributed by atoms with Gasteiger partial charge in [0.1, 0.15) is 0 Å². The summed E-state index contributed by atoms with van der Waals surface area (Å²) in [5.41, 5.74) is 0.728. The van der Waals surface area contributed by atoms with Crippen LogP contribution in [0.3, 0.4) is 0 Å². The van der Waals surface area contributed by atoms with Gasteiger partial charge in [-0.05, 0) is 64.5 Å². The maximum absolute atomic E-state index is 3.80. The molecule has 0 radical (unpaired) electrons. The third kappa shape index (κ3) is 6.13. The van der Waals surface area contributed by atoms with Crippen molar-refractivity contribution in [1.82, 2.24) is 10.2 Å². The van der Waals surface area contributed by atoms with Crippen molar-refractivity contribution >= 4 is 0 Å². The summed E-state index contributed by atoms with van der Waals surface area (Å²) in [5, 5.41) is 3.80. The van der Waals surface area contributed by atoms with Crippen LogP contribution in [0.1, 0.15) is 73.6 Å². The van der Waals surface area contributed by atoms with E-state index in [4.69, 9.17) is 0 Å². The molecule has 1 aliphatic rings. The second kappa shape index (κ2) is 7.79. The van der Waals surface area contributed by atoms with E-state index >= 15 is 0 Å². The summed E-state index contributed by atoms with van der Waals surface area (Å²) in [7, 11) is 0. The Bertz CT molecular complexity index is 269. The number of rotatable bonds is 7. The van der Waals surface area contributed by atoms with E-state index in [2.05, 4.69) is 51.8 Å². The smallest absolute Gasteiger partial charge is 0.00967 e. The van der Waals surface area contributed by atoms with Gasteiger partial charge in [0.05, 0.1) is 0 Å². The highest BCUT2D eigenvalue weighted by atomic mass is 15.1. The van der Waals surface area contributed by atoms with E-state index in [-0.39, 0.29) is 5.54 Å². The first kappa shape index (κ1) is 18.0. The van der Waals surface area contributed by atoms with Crippen molar-refractivity contribution in [2.45, 2.75) is 79.2 Å². The molecule has 0 heterocycles. The molecular weight excluding hydrogens is 244 g/mol. The average molecular weight is 283 g/mol. The van der Waals surface area contributed by atoms with E-state index < -0.39 is 0 Å². The molecule has 0 amide bonds. The van der Waals surface area contributed by atoms with E-state index in [1.165, 1.54) is 58.3 Å². The van der Waals surface area contributed by atoms with Crippen molar-refractivity contribution in [3.05, 3.63) is 0 Å². The lowest BCUT2D eigenvalue weighted by atomic mass is 9.69. The minimum Gasteiger partial charge on any atom is -0.311 e. The topological polar surface area (TPSA) is 15.3 Å². The molecule has 120 valence electrons. The molecule has 1 rings (SSSR count). The van der Waals surface area contributed by atoms with Crippen LogP contribution in [0, 0.1) is 11.3 Å². The van der Waals surface area contributed by atoms with Crippen LogP contribution < -0.4 is 5.32 Å². The Morgan fingerprint density at radius 3 is 2.45 bits per heavy atom. The van der Waals surface area contributed by atoms with Crippen LogP contribution in [0.5, 0.6) is 0 Å². The van der Waals surface area contributed by atoms with Crippen molar-refractivity contribution in [3.63, 3.8) is 0 Å².